The third kappa shape index (κ3) is 1.15. The van der Waals surface area contributed by atoms with Crippen molar-refractivity contribution in [1.29, 1.82) is 5.26 Å². The predicted molar refractivity (Wildman–Crippen MR) is 38.5 cm³/mol. The van der Waals surface area contributed by atoms with Gasteiger partial charge in [-0.1, -0.05) is 11.6 Å². The molecule has 1 aromatic rings. The predicted octanol–water partition coefficient (Wildman–Crippen LogP) is 1.86. The standard InChI is InChI=1S/C5H3ClN2S/c6-4-1-3(2-7)5(8)9-4/h1H,8H2. The number of halogens is 1. The Hall–Kier alpha value is -0.720. The van der Waals surface area contributed by atoms with E-state index in [-0.39, 0.29) is 0 Å². The molecule has 0 amide bonds. The molecule has 0 aliphatic rings. The number of nitrogens with two attached hydrogens (primary N) is 1. The van der Waals surface area contributed by atoms with E-state index in [2.05, 4.69) is 0 Å². The third-order valence-electron chi connectivity index (χ3n) is 0.851. The highest BCUT2D eigenvalue weighted by Crippen LogP contribution is 2.27. The van der Waals surface area contributed by atoms with E-state index in [1.165, 1.54) is 11.3 Å². The number of rotatable bonds is 0. The zero-order valence-electron chi connectivity index (χ0n) is 4.39. The second-order valence-corrected chi connectivity index (χ2v) is 3.16. The molecule has 9 heavy (non-hydrogen) atoms. The molecule has 4 heteroatoms. The van der Waals surface area contributed by atoms with Crippen LogP contribution in [0.4, 0.5) is 5.00 Å². The number of hydrogen-bond donors (Lipinski definition) is 1. The van der Waals surface area contributed by atoms with Gasteiger partial charge >= 0.3 is 0 Å². The molecule has 0 bridgehead atoms. The molecule has 0 saturated heterocycles. The molecule has 46 valence electrons. The molecular formula is C5H3ClN2S. The third-order valence-corrected chi connectivity index (χ3v) is 1.94. The molecular weight excluding hydrogens is 156 g/mol. The van der Waals surface area contributed by atoms with Crippen molar-refractivity contribution in [1.82, 2.24) is 0 Å². The zero-order valence-corrected chi connectivity index (χ0v) is 5.96. The molecule has 0 aliphatic heterocycles. The van der Waals surface area contributed by atoms with E-state index in [0.29, 0.717) is 14.9 Å². The minimum atomic E-state index is 0.463. The number of hydrogen-bond acceptors (Lipinski definition) is 3. The van der Waals surface area contributed by atoms with Gasteiger partial charge < -0.3 is 5.73 Å². The molecule has 0 unspecified atom stereocenters. The lowest BCUT2D eigenvalue weighted by molar-refractivity contribution is 1.51. The molecule has 0 aromatic carbocycles. The van der Waals surface area contributed by atoms with E-state index in [1.54, 1.807) is 6.07 Å². The minimum Gasteiger partial charge on any atom is -0.389 e. The molecule has 1 aromatic heterocycles. The summed E-state index contributed by atoms with van der Waals surface area (Å²) >= 11 is 6.75. The second-order valence-electron chi connectivity index (χ2n) is 1.44. The van der Waals surface area contributed by atoms with Crippen LogP contribution in [0, 0.1) is 11.3 Å². The normalized spacial score (nSPS) is 8.89. The lowest BCUT2D eigenvalue weighted by atomic mass is 10.4. The van der Waals surface area contributed by atoms with Crippen LogP contribution in [0.25, 0.3) is 0 Å². The van der Waals surface area contributed by atoms with Crippen molar-refractivity contribution >= 4 is 27.9 Å². The van der Waals surface area contributed by atoms with Crippen LogP contribution < -0.4 is 5.73 Å². The highest BCUT2D eigenvalue weighted by atomic mass is 35.5. The Labute approximate surface area is 61.5 Å². The summed E-state index contributed by atoms with van der Waals surface area (Å²) in [6.07, 6.45) is 0. The number of anilines is 1. The van der Waals surface area contributed by atoms with Crippen molar-refractivity contribution < 1.29 is 0 Å². The van der Waals surface area contributed by atoms with E-state index in [1.807, 2.05) is 6.07 Å². The Balaban J connectivity index is 3.20. The SMILES string of the molecule is N#Cc1cc(Cl)sc1N. The largest absolute Gasteiger partial charge is 0.389 e. The first-order chi connectivity index (χ1) is 4.24. The summed E-state index contributed by atoms with van der Waals surface area (Å²) in [6.45, 7) is 0. The quantitative estimate of drug-likeness (QED) is 0.627. The fourth-order valence-corrected chi connectivity index (χ4v) is 1.42. The average molecular weight is 159 g/mol. The van der Waals surface area contributed by atoms with E-state index in [4.69, 9.17) is 22.6 Å². The number of nitrogens with zero attached hydrogens (tertiary/aromatic N) is 1. The van der Waals surface area contributed by atoms with Crippen LogP contribution in [0.2, 0.25) is 4.34 Å². The summed E-state index contributed by atoms with van der Waals surface area (Å²) in [5.74, 6) is 0. The zero-order chi connectivity index (χ0) is 6.85. The van der Waals surface area contributed by atoms with Crippen molar-refractivity contribution in [2.24, 2.45) is 0 Å². The summed E-state index contributed by atoms with van der Waals surface area (Å²) < 4.78 is 0.559. The summed E-state index contributed by atoms with van der Waals surface area (Å²) in [7, 11) is 0. The Morgan fingerprint density at radius 2 is 2.44 bits per heavy atom. The Morgan fingerprint density at radius 3 is 2.67 bits per heavy atom. The lowest BCUT2D eigenvalue weighted by Crippen LogP contribution is -1.80. The number of nitrogen functional groups attached to an aromatic ring is 1. The molecule has 2 N–H and O–H groups in total. The van der Waals surface area contributed by atoms with Crippen molar-refractivity contribution in [3.05, 3.63) is 16.0 Å². The number of thiophene rings is 1. The van der Waals surface area contributed by atoms with Crippen LogP contribution in [0.1, 0.15) is 5.56 Å². The van der Waals surface area contributed by atoms with Gasteiger partial charge in [0.15, 0.2) is 0 Å². The summed E-state index contributed by atoms with van der Waals surface area (Å²) in [5.41, 5.74) is 5.83. The first kappa shape index (κ1) is 6.40. The summed E-state index contributed by atoms with van der Waals surface area (Å²) in [4.78, 5) is 0. The van der Waals surface area contributed by atoms with E-state index < -0.39 is 0 Å². The highest BCUT2D eigenvalue weighted by molar-refractivity contribution is 7.20. The van der Waals surface area contributed by atoms with Gasteiger partial charge in [-0.3, -0.25) is 0 Å². The van der Waals surface area contributed by atoms with E-state index in [9.17, 15) is 0 Å². The average Bonchev–Trinajstić information content (AvgIpc) is 2.10. The van der Waals surface area contributed by atoms with Crippen molar-refractivity contribution in [3.63, 3.8) is 0 Å². The molecule has 0 fully saturated rings. The molecule has 1 rings (SSSR count). The Kier molecular flexibility index (Phi) is 1.60. The maximum absolute atomic E-state index is 8.35. The molecule has 0 atom stereocenters. The summed E-state index contributed by atoms with van der Waals surface area (Å²) in [5, 5.41) is 8.84. The first-order valence-electron chi connectivity index (χ1n) is 2.19. The monoisotopic (exact) mass is 158 g/mol. The topological polar surface area (TPSA) is 49.8 Å². The molecule has 2 nitrogen and oxygen atoms in total. The van der Waals surface area contributed by atoms with Crippen molar-refractivity contribution in [2.45, 2.75) is 0 Å². The van der Waals surface area contributed by atoms with Crippen molar-refractivity contribution in [2.75, 3.05) is 5.73 Å². The first-order valence-corrected chi connectivity index (χ1v) is 3.38. The highest BCUT2D eigenvalue weighted by Gasteiger charge is 2.01. The maximum Gasteiger partial charge on any atom is 0.105 e. The van der Waals surface area contributed by atoms with Crippen LogP contribution in [-0.2, 0) is 0 Å². The van der Waals surface area contributed by atoms with Gasteiger partial charge in [-0.15, -0.1) is 11.3 Å². The van der Waals surface area contributed by atoms with Crippen LogP contribution in [-0.4, -0.2) is 0 Å². The lowest BCUT2D eigenvalue weighted by Gasteiger charge is -1.77. The molecule has 0 spiro atoms. The van der Waals surface area contributed by atoms with Gasteiger partial charge in [0, 0.05) is 0 Å². The molecule has 0 radical (unpaired) electrons. The van der Waals surface area contributed by atoms with Gasteiger partial charge in [-0.2, -0.15) is 5.26 Å². The van der Waals surface area contributed by atoms with Crippen LogP contribution in [0.5, 0.6) is 0 Å². The van der Waals surface area contributed by atoms with Crippen molar-refractivity contribution in [3.8, 4) is 6.07 Å². The number of nitriles is 1. The minimum absolute atomic E-state index is 0.463. The van der Waals surface area contributed by atoms with Gasteiger partial charge in [0.2, 0.25) is 0 Å². The van der Waals surface area contributed by atoms with Crippen LogP contribution >= 0.6 is 22.9 Å². The fraction of sp³-hybridized carbons (Fsp3) is 0. The molecule has 1 heterocycles. The maximum atomic E-state index is 8.35. The van der Waals surface area contributed by atoms with E-state index in [0.717, 1.165) is 0 Å². The fourth-order valence-electron chi connectivity index (χ4n) is 0.461. The van der Waals surface area contributed by atoms with Gasteiger partial charge in [-0.05, 0) is 6.07 Å². The molecule has 0 aliphatic carbocycles. The van der Waals surface area contributed by atoms with E-state index >= 15 is 0 Å². The Morgan fingerprint density at radius 1 is 1.78 bits per heavy atom. The Bertz CT molecular complexity index is 260. The summed E-state index contributed by atoms with van der Waals surface area (Å²) in [6, 6.07) is 3.47. The van der Waals surface area contributed by atoms with Gasteiger partial charge in [0.05, 0.1) is 9.90 Å². The van der Waals surface area contributed by atoms with Gasteiger partial charge in [0.25, 0.3) is 0 Å². The molecule has 0 saturated carbocycles. The van der Waals surface area contributed by atoms with Crippen LogP contribution in [0.15, 0.2) is 6.07 Å². The van der Waals surface area contributed by atoms with Gasteiger partial charge in [0.1, 0.15) is 11.1 Å². The smallest absolute Gasteiger partial charge is 0.105 e. The van der Waals surface area contributed by atoms with Crippen LogP contribution in [0.3, 0.4) is 0 Å². The van der Waals surface area contributed by atoms with Gasteiger partial charge in [-0.25, -0.2) is 0 Å². The second kappa shape index (κ2) is 2.26.